The highest BCUT2D eigenvalue weighted by molar-refractivity contribution is 7.54. The Morgan fingerprint density at radius 2 is 1.76 bits per heavy atom. The van der Waals surface area contributed by atoms with Gasteiger partial charge in [-0.3, -0.25) is 9.36 Å². The van der Waals surface area contributed by atoms with E-state index in [2.05, 4.69) is 0 Å². The Balaban J connectivity index is 4.68. The maximum Gasteiger partial charge on any atom is 0.342 e. The van der Waals surface area contributed by atoms with Gasteiger partial charge in [-0.05, 0) is 19.8 Å². The quantitative estimate of drug-likeness (QED) is 0.400. The highest BCUT2D eigenvalue weighted by Crippen LogP contribution is 2.53. The first-order chi connectivity index (χ1) is 7.79. The fourth-order valence-corrected chi connectivity index (χ4v) is 2.10. The second-order valence-corrected chi connectivity index (χ2v) is 6.49. The monoisotopic (exact) mass is 266 g/mol. The van der Waals surface area contributed by atoms with E-state index < -0.39 is 18.7 Å². The molecule has 0 aromatic heterocycles. The molecule has 0 aliphatic carbocycles. The number of carbonyl (C=O) groups is 1. The Labute approximate surface area is 103 Å². The van der Waals surface area contributed by atoms with Crippen molar-refractivity contribution in [3.63, 3.8) is 0 Å². The summed E-state index contributed by atoms with van der Waals surface area (Å²) in [5.74, 6) is -0.785. The number of carbonyl (C=O) groups excluding carboxylic acids is 1. The Morgan fingerprint density at radius 3 is 2.18 bits per heavy atom. The molecule has 1 unspecified atom stereocenters. The number of rotatable bonds is 8. The van der Waals surface area contributed by atoms with Crippen molar-refractivity contribution in [3.8, 4) is 0 Å². The predicted octanol–water partition coefficient (Wildman–Crippen LogP) is 2.46. The molecule has 102 valence electrons. The second kappa shape index (κ2) is 7.14. The van der Waals surface area contributed by atoms with Crippen LogP contribution in [0.1, 0.15) is 52.9 Å². The largest absolute Gasteiger partial charge is 0.465 e. The number of ether oxygens (including phenoxy) is 1. The summed E-state index contributed by atoms with van der Waals surface area (Å²) in [6.45, 7) is 5.37. The van der Waals surface area contributed by atoms with E-state index in [1.807, 2.05) is 13.8 Å². The van der Waals surface area contributed by atoms with Crippen molar-refractivity contribution in [2.75, 3.05) is 6.61 Å². The van der Waals surface area contributed by atoms with Gasteiger partial charge < -0.3 is 14.5 Å². The van der Waals surface area contributed by atoms with E-state index in [0.717, 1.165) is 12.8 Å². The second-order valence-electron chi connectivity index (χ2n) is 4.41. The molecule has 17 heavy (non-hydrogen) atoms. The molecule has 0 bridgehead atoms. The minimum Gasteiger partial charge on any atom is -0.465 e. The van der Waals surface area contributed by atoms with Crippen LogP contribution in [0.2, 0.25) is 0 Å². The molecule has 5 nitrogen and oxygen atoms in total. The van der Waals surface area contributed by atoms with E-state index in [9.17, 15) is 19.1 Å². The SMILES string of the molecule is CCCCOC(=O)C(C)(CCCC)P(=O)(O)O. The van der Waals surface area contributed by atoms with Crippen molar-refractivity contribution in [2.24, 2.45) is 0 Å². The van der Waals surface area contributed by atoms with E-state index in [1.165, 1.54) is 6.92 Å². The zero-order valence-corrected chi connectivity index (χ0v) is 11.7. The smallest absolute Gasteiger partial charge is 0.342 e. The summed E-state index contributed by atoms with van der Waals surface area (Å²) < 4.78 is 16.4. The fourth-order valence-electron chi connectivity index (χ4n) is 1.35. The maximum absolute atomic E-state index is 11.8. The molecule has 0 aromatic rings. The summed E-state index contributed by atoms with van der Waals surface area (Å²) in [6, 6.07) is 0. The van der Waals surface area contributed by atoms with Crippen molar-refractivity contribution in [3.05, 3.63) is 0 Å². The Morgan fingerprint density at radius 1 is 1.24 bits per heavy atom. The first kappa shape index (κ1) is 16.6. The number of esters is 1. The highest BCUT2D eigenvalue weighted by atomic mass is 31.2. The third-order valence-corrected chi connectivity index (χ3v) is 4.52. The van der Waals surface area contributed by atoms with E-state index in [0.29, 0.717) is 12.8 Å². The predicted molar refractivity (Wildman–Crippen MR) is 65.8 cm³/mol. The van der Waals surface area contributed by atoms with Gasteiger partial charge in [0.25, 0.3) is 0 Å². The van der Waals surface area contributed by atoms with Crippen molar-refractivity contribution in [1.82, 2.24) is 0 Å². The molecule has 0 aromatic carbocycles. The number of hydrogen-bond acceptors (Lipinski definition) is 3. The average molecular weight is 266 g/mol. The van der Waals surface area contributed by atoms with Crippen LogP contribution < -0.4 is 0 Å². The van der Waals surface area contributed by atoms with Gasteiger partial charge in [0, 0.05) is 0 Å². The van der Waals surface area contributed by atoms with Gasteiger partial charge in [-0.25, -0.2) is 0 Å². The Bertz CT molecular complexity index is 286. The van der Waals surface area contributed by atoms with Crippen LogP contribution in [0.15, 0.2) is 0 Å². The molecular weight excluding hydrogens is 243 g/mol. The molecule has 6 heteroatoms. The van der Waals surface area contributed by atoms with Gasteiger partial charge in [-0.1, -0.05) is 33.1 Å². The van der Waals surface area contributed by atoms with Crippen molar-refractivity contribution in [1.29, 1.82) is 0 Å². The molecular formula is C11H23O5P. The summed E-state index contributed by atoms with van der Waals surface area (Å²) in [5.41, 5.74) is 0. The Hall–Kier alpha value is -0.380. The normalized spacial score (nSPS) is 15.4. The minimum absolute atomic E-state index is 0.152. The molecule has 0 amide bonds. The summed E-state index contributed by atoms with van der Waals surface area (Å²) in [6.07, 6.45) is 3.09. The molecule has 0 saturated carbocycles. The fraction of sp³-hybridized carbons (Fsp3) is 0.909. The van der Waals surface area contributed by atoms with E-state index >= 15 is 0 Å². The zero-order valence-electron chi connectivity index (χ0n) is 10.8. The molecule has 0 spiro atoms. The van der Waals surface area contributed by atoms with Gasteiger partial charge in [0.15, 0.2) is 5.16 Å². The van der Waals surface area contributed by atoms with Crippen LogP contribution in [0, 0.1) is 0 Å². The molecule has 0 rings (SSSR count). The number of unbranched alkanes of at least 4 members (excludes halogenated alkanes) is 2. The highest BCUT2D eigenvalue weighted by Gasteiger charge is 2.49. The lowest BCUT2D eigenvalue weighted by Gasteiger charge is -2.27. The Kier molecular flexibility index (Phi) is 6.98. The number of hydrogen-bond donors (Lipinski definition) is 2. The first-order valence-electron chi connectivity index (χ1n) is 6.02. The topological polar surface area (TPSA) is 83.8 Å². The maximum atomic E-state index is 11.8. The summed E-state index contributed by atoms with van der Waals surface area (Å²) in [7, 11) is -4.50. The molecule has 0 fully saturated rings. The van der Waals surface area contributed by atoms with Crippen LogP contribution in [0.5, 0.6) is 0 Å². The van der Waals surface area contributed by atoms with Crippen molar-refractivity contribution < 1.29 is 23.9 Å². The van der Waals surface area contributed by atoms with E-state index in [1.54, 1.807) is 0 Å². The molecule has 0 radical (unpaired) electrons. The average Bonchev–Trinajstić information content (AvgIpc) is 2.24. The molecule has 0 heterocycles. The lowest BCUT2D eigenvalue weighted by molar-refractivity contribution is -0.147. The van der Waals surface area contributed by atoms with Crippen molar-refractivity contribution in [2.45, 2.75) is 58.0 Å². The van der Waals surface area contributed by atoms with Crippen LogP contribution >= 0.6 is 7.60 Å². The van der Waals surface area contributed by atoms with Gasteiger partial charge >= 0.3 is 13.6 Å². The van der Waals surface area contributed by atoms with Gasteiger partial charge in [0.05, 0.1) is 6.61 Å². The zero-order chi connectivity index (χ0) is 13.5. The molecule has 0 aliphatic heterocycles. The van der Waals surface area contributed by atoms with E-state index in [4.69, 9.17) is 4.74 Å². The van der Waals surface area contributed by atoms with Gasteiger partial charge in [-0.2, -0.15) is 0 Å². The van der Waals surface area contributed by atoms with Crippen LogP contribution in [0.3, 0.4) is 0 Å². The molecule has 0 saturated heterocycles. The molecule has 1 atom stereocenters. The van der Waals surface area contributed by atoms with Gasteiger partial charge in [0.2, 0.25) is 0 Å². The van der Waals surface area contributed by atoms with Crippen LogP contribution in [0.25, 0.3) is 0 Å². The van der Waals surface area contributed by atoms with Crippen LogP contribution in [-0.4, -0.2) is 27.5 Å². The summed E-state index contributed by atoms with van der Waals surface area (Å²) >= 11 is 0. The third kappa shape index (κ3) is 4.78. The van der Waals surface area contributed by atoms with Crippen LogP contribution in [-0.2, 0) is 14.1 Å². The van der Waals surface area contributed by atoms with Crippen LogP contribution in [0.4, 0.5) is 0 Å². The minimum atomic E-state index is -4.50. The van der Waals surface area contributed by atoms with E-state index in [-0.39, 0.29) is 13.0 Å². The van der Waals surface area contributed by atoms with Gasteiger partial charge in [0.1, 0.15) is 0 Å². The first-order valence-corrected chi connectivity index (χ1v) is 7.63. The third-order valence-electron chi connectivity index (χ3n) is 2.83. The van der Waals surface area contributed by atoms with Gasteiger partial charge in [-0.15, -0.1) is 0 Å². The lowest BCUT2D eigenvalue weighted by atomic mass is 10.0. The molecule has 2 N–H and O–H groups in total. The van der Waals surface area contributed by atoms with Crippen molar-refractivity contribution >= 4 is 13.6 Å². The molecule has 0 aliphatic rings. The summed E-state index contributed by atoms with van der Waals surface area (Å²) in [5, 5.41) is -1.70. The lowest BCUT2D eigenvalue weighted by Crippen LogP contribution is -2.37. The standard InChI is InChI=1S/C11H23O5P/c1-4-6-8-11(3,17(13,14)15)10(12)16-9-7-5-2/h4-9H2,1-3H3,(H2,13,14,15). The summed E-state index contributed by atoms with van der Waals surface area (Å²) in [4.78, 5) is 30.4.